The molecule has 2 aromatic rings. The van der Waals surface area contributed by atoms with Crippen molar-refractivity contribution in [3.8, 4) is 0 Å². The molecular weight excluding hydrogens is 428 g/mol. The molecule has 4 heterocycles. The highest BCUT2D eigenvalue weighted by molar-refractivity contribution is 6.53. The number of aromatic nitrogens is 2. The summed E-state index contributed by atoms with van der Waals surface area (Å²) in [7, 11) is 1.54. The van der Waals surface area contributed by atoms with E-state index in [1.54, 1.807) is 32.4 Å². The molecule has 6 rings (SSSR count). The van der Waals surface area contributed by atoms with E-state index in [0.29, 0.717) is 17.9 Å². The number of Topliss-reactive ketones (excluding diaryl/α,β-unsaturated/α-hetero) is 2. The Labute approximate surface area is 188 Å². The van der Waals surface area contributed by atoms with Crippen LogP contribution in [0.3, 0.4) is 0 Å². The van der Waals surface area contributed by atoms with Gasteiger partial charge >= 0.3 is 6.09 Å². The van der Waals surface area contributed by atoms with Gasteiger partial charge in [0.2, 0.25) is 5.78 Å². The maximum Gasteiger partial charge on any atom is 0.404 e. The molecule has 170 valence electrons. The summed E-state index contributed by atoms with van der Waals surface area (Å²) in [6, 6.07) is 5.44. The van der Waals surface area contributed by atoms with Crippen molar-refractivity contribution in [2.75, 3.05) is 20.3 Å². The first-order chi connectivity index (χ1) is 15.9. The maximum absolute atomic E-state index is 13.8. The van der Waals surface area contributed by atoms with Gasteiger partial charge < -0.3 is 25.4 Å². The number of H-pyrrole nitrogens is 1. The van der Waals surface area contributed by atoms with Crippen molar-refractivity contribution in [1.29, 1.82) is 0 Å². The first-order valence-electron chi connectivity index (χ1n) is 10.7. The van der Waals surface area contributed by atoms with Gasteiger partial charge in [-0.1, -0.05) is 0 Å². The smallest absolute Gasteiger partial charge is 0.404 e. The van der Waals surface area contributed by atoms with Crippen LogP contribution in [0, 0.1) is 11.8 Å². The minimum Gasteiger partial charge on any atom is -0.449 e. The van der Waals surface area contributed by atoms with Gasteiger partial charge in [-0.25, -0.2) is 9.79 Å². The van der Waals surface area contributed by atoms with E-state index in [1.165, 1.54) is 0 Å². The van der Waals surface area contributed by atoms with Gasteiger partial charge in [-0.3, -0.25) is 14.7 Å². The molecule has 1 aromatic heterocycles. The number of ketones is 2. The highest BCUT2D eigenvalue weighted by Gasteiger charge is 2.73. The number of nitrogens with one attached hydrogen (secondary N) is 2. The first-order valence-corrected chi connectivity index (χ1v) is 10.7. The number of nitrogens with two attached hydrogens (primary N) is 1. The number of benzene rings is 1. The van der Waals surface area contributed by atoms with Crippen LogP contribution < -0.4 is 11.1 Å². The van der Waals surface area contributed by atoms with Crippen LogP contribution in [0.4, 0.5) is 10.5 Å². The number of nitrogens with zero attached hydrogens (tertiary/aromatic N) is 3. The fraction of sp³-hybridized carbons (Fsp3) is 0.409. The summed E-state index contributed by atoms with van der Waals surface area (Å²) in [4.78, 5) is 45.3. The van der Waals surface area contributed by atoms with Crippen LogP contribution in [0.25, 0.3) is 10.9 Å². The van der Waals surface area contributed by atoms with Gasteiger partial charge in [-0.15, -0.1) is 0 Å². The van der Waals surface area contributed by atoms with Crippen LogP contribution in [-0.4, -0.2) is 76.5 Å². The molecule has 11 nitrogen and oxygen atoms in total. The van der Waals surface area contributed by atoms with Crippen molar-refractivity contribution >= 4 is 40.0 Å². The van der Waals surface area contributed by atoms with Gasteiger partial charge in [-0.05, 0) is 25.1 Å². The topological polar surface area (TPSA) is 162 Å². The monoisotopic (exact) mass is 450 g/mol. The molecule has 0 spiro atoms. The van der Waals surface area contributed by atoms with Crippen LogP contribution in [0.2, 0.25) is 0 Å². The Morgan fingerprint density at radius 3 is 2.97 bits per heavy atom. The molecule has 1 aromatic carbocycles. The van der Waals surface area contributed by atoms with E-state index < -0.39 is 23.7 Å². The lowest BCUT2D eigenvalue weighted by Crippen LogP contribution is -2.55. The maximum atomic E-state index is 13.8. The number of methoxy groups -OCH3 is 1. The van der Waals surface area contributed by atoms with Crippen LogP contribution in [0.1, 0.15) is 6.92 Å². The van der Waals surface area contributed by atoms with Crippen molar-refractivity contribution in [3.05, 3.63) is 35.7 Å². The van der Waals surface area contributed by atoms with Crippen molar-refractivity contribution in [3.63, 3.8) is 0 Å². The number of aliphatic imine (C=N–C) groups is 1. The van der Waals surface area contributed by atoms with Crippen molar-refractivity contribution < 1.29 is 23.9 Å². The number of ether oxygens (including phenoxy) is 2. The van der Waals surface area contributed by atoms with Crippen molar-refractivity contribution in [2.45, 2.75) is 24.7 Å². The van der Waals surface area contributed by atoms with Crippen LogP contribution in [0.5, 0.6) is 0 Å². The predicted molar refractivity (Wildman–Crippen MR) is 116 cm³/mol. The SMILES string of the molecule is COC12C(COC(N)=O)C3=C(C(=O)C(C)C(=Nc4ccc5[nH]ncc5c4)C3=O)N1CC1NC12. The molecule has 33 heavy (non-hydrogen) atoms. The summed E-state index contributed by atoms with van der Waals surface area (Å²) in [5.74, 6) is -1.95. The summed E-state index contributed by atoms with van der Waals surface area (Å²) < 4.78 is 11.1. The molecule has 1 aliphatic carbocycles. The molecule has 2 fully saturated rings. The number of aromatic amines is 1. The van der Waals surface area contributed by atoms with Crippen molar-refractivity contribution in [1.82, 2.24) is 20.4 Å². The third-order valence-electron chi connectivity index (χ3n) is 7.21. The molecular formula is C22H22N6O5. The second-order valence-electron chi connectivity index (χ2n) is 8.82. The highest BCUT2D eigenvalue weighted by atomic mass is 16.6. The van der Waals surface area contributed by atoms with Gasteiger partial charge in [0.1, 0.15) is 6.61 Å². The minimum absolute atomic E-state index is 0.0885. The third kappa shape index (κ3) is 2.60. The number of fused-ring (bicyclic) bond motifs is 5. The number of carbonyl (C=O) groups is 3. The number of hydrogen-bond donors (Lipinski definition) is 3. The zero-order chi connectivity index (χ0) is 23.1. The Balaban J connectivity index is 1.46. The molecule has 3 aliphatic heterocycles. The normalized spacial score (nSPS) is 33.5. The molecule has 11 heteroatoms. The molecule has 4 N–H and O–H groups in total. The van der Waals surface area contributed by atoms with E-state index in [2.05, 4.69) is 20.5 Å². The Kier molecular flexibility index (Phi) is 4.08. The van der Waals surface area contributed by atoms with E-state index in [1.807, 2.05) is 11.0 Å². The van der Waals surface area contributed by atoms with E-state index in [9.17, 15) is 14.4 Å². The van der Waals surface area contributed by atoms with Gasteiger partial charge in [0.05, 0.1) is 46.7 Å². The zero-order valence-corrected chi connectivity index (χ0v) is 18.0. The largest absolute Gasteiger partial charge is 0.449 e. The molecule has 1 amide bonds. The van der Waals surface area contributed by atoms with Crippen LogP contribution >= 0.6 is 0 Å². The Morgan fingerprint density at radius 2 is 2.21 bits per heavy atom. The summed E-state index contributed by atoms with van der Waals surface area (Å²) >= 11 is 0. The van der Waals surface area contributed by atoms with E-state index in [-0.39, 0.29) is 41.5 Å². The number of piperazine rings is 1. The third-order valence-corrected chi connectivity index (χ3v) is 7.21. The number of amides is 1. The first kappa shape index (κ1) is 20.1. The molecule has 0 bridgehead atoms. The molecule has 5 atom stereocenters. The molecule has 5 unspecified atom stereocenters. The summed E-state index contributed by atoms with van der Waals surface area (Å²) in [6.45, 7) is 2.04. The number of rotatable bonds is 4. The second-order valence-corrected chi connectivity index (χ2v) is 8.82. The van der Waals surface area contributed by atoms with Crippen molar-refractivity contribution in [2.24, 2.45) is 22.6 Å². The lowest BCUT2D eigenvalue weighted by Gasteiger charge is -2.39. The van der Waals surface area contributed by atoms with E-state index in [0.717, 1.165) is 10.9 Å². The van der Waals surface area contributed by atoms with Gasteiger partial charge in [0.15, 0.2) is 11.5 Å². The molecule has 0 saturated carbocycles. The van der Waals surface area contributed by atoms with E-state index >= 15 is 0 Å². The van der Waals surface area contributed by atoms with Gasteiger partial charge in [0.25, 0.3) is 0 Å². The standard InChI is InChI=1S/C22H22N6O5/c1-9-16(25-11-3-4-13-10(5-11)6-24-27-13)19(30)15-12(8-33-21(23)31)22(32-2)20-14(26-20)7-28(22)17(15)18(9)29/h3-6,9,12,14,20,26H,7-8H2,1-2H3,(H2,23,31)(H,24,27). The average molecular weight is 450 g/mol. The number of hydrogen-bond acceptors (Lipinski definition) is 9. The number of primary amides is 1. The quantitative estimate of drug-likeness (QED) is 0.564. The molecule has 0 radical (unpaired) electrons. The second kappa shape index (κ2) is 6.72. The average Bonchev–Trinajstić information content (AvgIpc) is 3.17. The van der Waals surface area contributed by atoms with Crippen LogP contribution in [-0.2, 0) is 19.1 Å². The summed E-state index contributed by atoms with van der Waals surface area (Å²) in [6.07, 6.45) is 0.714. The fourth-order valence-electron chi connectivity index (χ4n) is 5.67. The Bertz CT molecular complexity index is 1300. The number of allylic oxidation sites excluding steroid dienone is 1. The number of carbonyl (C=O) groups excluding carboxylic acids is 3. The highest BCUT2D eigenvalue weighted by Crippen LogP contribution is 2.55. The summed E-state index contributed by atoms with van der Waals surface area (Å²) in [5.41, 5.74) is 6.38. The van der Waals surface area contributed by atoms with Gasteiger partial charge in [0, 0.05) is 30.7 Å². The van der Waals surface area contributed by atoms with Gasteiger partial charge in [-0.2, -0.15) is 5.10 Å². The van der Waals surface area contributed by atoms with E-state index in [4.69, 9.17) is 15.2 Å². The fourth-order valence-corrected chi connectivity index (χ4v) is 5.67. The zero-order valence-electron chi connectivity index (χ0n) is 18.0. The Morgan fingerprint density at radius 1 is 1.39 bits per heavy atom. The lowest BCUT2D eigenvalue weighted by molar-refractivity contribution is -0.138. The Hall–Kier alpha value is -3.57. The predicted octanol–water partition coefficient (Wildman–Crippen LogP) is 0.401. The molecule has 4 aliphatic rings. The molecule has 2 saturated heterocycles. The lowest BCUT2D eigenvalue weighted by atomic mass is 9.78. The van der Waals surface area contributed by atoms with Crippen LogP contribution in [0.15, 0.2) is 40.7 Å². The summed E-state index contributed by atoms with van der Waals surface area (Å²) in [5, 5.41) is 11.1. The minimum atomic E-state index is -0.999.